The number of hydrogen-bond acceptors (Lipinski definition) is 4. The van der Waals surface area contributed by atoms with E-state index in [2.05, 4.69) is 5.32 Å². The number of rotatable bonds is 5. The molecule has 0 saturated heterocycles. The van der Waals surface area contributed by atoms with E-state index in [0.717, 1.165) is 0 Å². The first-order valence-electron chi connectivity index (χ1n) is 9.57. The molecular formula is C22H29FN2O4. The molecule has 0 fully saturated rings. The van der Waals surface area contributed by atoms with Crippen LogP contribution < -0.4 is 10.0 Å². The lowest BCUT2D eigenvalue weighted by molar-refractivity contribution is -0.607. The first kappa shape index (κ1) is 22.6. The van der Waals surface area contributed by atoms with Gasteiger partial charge in [-0.1, -0.05) is 6.92 Å². The maximum atomic E-state index is 13.3. The van der Waals surface area contributed by atoms with Gasteiger partial charge in [-0.25, -0.2) is 9.18 Å². The van der Waals surface area contributed by atoms with Crippen LogP contribution in [0.5, 0.6) is 0 Å². The molecule has 0 saturated carbocycles. The number of nitrogens with zero attached hydrogens (tertiary/aromatic N) is 1. The van der Waals surface area contributed by atoms with Crippen LogP contribution in [0.3, 0.4) is 0 Å². The van der Waals surface area contributed by atoms with Gasteiger partial charge in [0.05, 0.1) is 5.54 Å². The van der Waals surface area contributed by atoms with E-state index >= 15 is 0 Å². The zero-order valence-electron chi connectivity index (χ0n) is 17.7. The lowest BCUT2D eigenvalue weighted by atomic mass is 9.91. The lowest BCUT2D eigenvalue weighted by Crippen LogP contribution is -2.45. The summed E-state index contributed by atoms with van der Waals surface area (Å²) in [6, 6.07) is 8.73. The highest BCUT2D eigenvalue weighted by molar-refractivity contribution is 5.69. The fourth-order valence-corrected chi connectivity index (χ4v) is 2.86. The Kier molecular flexibility index (Phi) is 6.53. The van der Waals surface area contributed by atoms with E-state index in [0.29, 0.717) is 22.3 Å². The predicted molar refractivity (Wildman–Crippen MR) is 108 cm³/mol. The minimum absolute atomic E-state index is 0.156. The Labute approximate surface area is 170 Å². The number of carbonyl (C=O) groups excluding carboxylic acids is 1. The maximum absolute atomic E-state index is 13.3. The molecule has 1 amide bonds. The number of aliphatic hydroxyl groups excluding tert-OH is 1. The molecule has 1 unspecified atom stereocenters. The number of carbonyl (C=O) groups is 1. The predicted octanol–water partition coefficient (Wildman–Crippen LogP) is 4.33. The van der Waals surface area contributed by atoms with Gasteiger partial charge in [-0.2, -0.15) is 4.73 Å². The second-order valence-electron chi connectivity index (χ2n) is 8.53. The number of ether oxygens (including phenoxy) is 1. The first-order chi connectivity index (χ1) is 13.3. The van der Waals surface area contributed by atoms with Crippen molar-refractivity contribution in [3.63, 3.8) is 0 Å². The Morgan fingerprint density at radius 2 is 1.79 bits per heavy atom. The van der Waals surface area contributed by atoms with E-state index in [1.54, 1.807) is 53.7 Å². The Morgan fingerprint density at radius 3 is 2.31 bits per heavy atom. The van der Waals surface area contributed by atoms with Gasteiger partial charge in [-0.3, -0.25) is 0 Å². The summed E-state index contributed by atoms with van der Waals surface area (Å²) in [7, 11) is 0. The lowest BCUT2D eigenvalue weighted by Gasteiger charge is -2.29. The number of pyridine rings is 1. The fraction of sp³-hybridized carbons (Fsp3) is 0.455. The molecule has 2 N–H and O–H groups in total. The van der Waals surface area contributed by atoms with E-state index in [4.69, 9.17) is 4.74 Å². The minimum atomic E-state index is -0.982. The molecule has 6 nitrogen and oxygen atoms in total. The summed E-state index contributed by atoms with van der Waals surface area (Å²) in [6.07, 6.45) is -1.24. The monoisotopic (exact) mass is 404 g/mol. The second kappa shape index (κ2) is 8.37. The van der Waals surface area contributed by atoms with Gasteiger partial charge in [-0.05, 0) is 70.9 Å². The van der Waals surface area contributed by atoms with Gasteiger partial charge in [0.2, 0.25) is 11.4 Å². The van der Waals surface area contributed by atoms with Crippen molar-refractivity contribution in [1.82, 2.24) is 5.32 Å². The highest BCUT2D eigenvalue weighted by atomic mass is 19.1. The topological polar surface area (TPSA) is 85.5 Å². The number of alkyl carbamates (subject to hydrolysis) is 1. The largest absolute Gasteiger partial charge is 0.618 e. The minimum Gasteiger partial charge on any atom is -0.618 e. The summed E-state index contributed by atoms with van der Waals surface area (Å²) in [5, 5.41) is 26.1. The molecule has 1 aromatic heterocycles. The van der Waals surface area contributed by atoms with Crippen LogP contribution in [-0.2, 0) is 10.3 Å². The Hall–Kier alpha value is -2.67. The highest BCUT2D eigenvalue weighted by Crippen LogP contribution is 2.28. The Morgan fingerprint density at radius 1 is 1.21 bits per heavy atom. The molecule has 1 heterocycles. The van der Waals surface area contributed by atoms with Crippen LogP contribution in [-0.4, -0.2) is 16.8 Å². The van der Waals surface area contributed by atoms with Crippen molar-refractivity contribution in [2.75, 3.05) is 0 Å². The third-order valence-corrected chi connectivity index (χ3v) is 4.45. The molecule has 158 valence electrons. The summed E-state index contributed by atoms with van der Waals surface area (Å²) in [5.74, 6) is -0.414. The molecule has 0 radical (unpaired) electrons. The van der Waals surface area contributed by atoms with E-state index < -0.39 is 29.2 Å². The SMILES string of the molecule is CCC(O)c1cc(C(C)(C)NC(=O)OC(C)(C)C)cc(-c2ccc(F)cc2)[n+]1[O-]. The zero-order valence-corrected chi connectivity index (χ0v) is 17.7. The molecule has 1 aromatic carbocycles. The third kappa shape index (κ3) is 5.67. The number of aliphatic hydroxyl groups is 1. The molecule has 7 heteroatoms. The summed E-state index contributed by atoms with van der Waals surface area (Å²) < 4.78 is 19.3. The van der Waals surface area contributed by atoms with Crippen molar-refractivity contribution >= 4 is 6.09 Å². The molecule has 2 aromatic rings. The fourth-order valence-electron chi connectivity index (χ4n) is 2.86. The highest BCUT2D eigenvalue weighted by Gasteiger charge is 2.31. The van der Waals surface area contributed by atoms with E-state index in [-0.39, 0.29) is 11.4 Å². The van der Waals surface area contributed by atoms with Crippen molar-refractivity contribution in [3.05, 3.63) is 58.7 Å². The van der Waals surface area contributed by atoms with Crippen molar-refractivity contribution in [1.29, 1.82) is 0 Å². The summed E-state index contributed by atoms with van der Waals surface area (Å²) in [6.45, 7) is 10.6. The van der Waals surface area contributed by atoms with Crippen LogP contribution in [0.25, 0.3) is 11.3 Å². The number of amides is 1. The number of nitrogens with one attached hydrogen (secondary N) is 1. The normalized spacial score (nSPS) is 13.1. The van der Waals surface area contributed by atoms with Crippen molar-refractivity contribution in [3.8, 4) is 11.3 Å². The van der Waals surface area contributed by atoms with Gasteiger partial charge in [0, 0.05) is 17.7 Å². The smallest absolute Gasteiger partial charge is 0.408 e. The summed E-state index contributed by atoms with van der Waals surface area (Å²) in [4.78, 5) is 12.3. The van der Waals surface area contributed by atoms with E-state index in [1.807, 2.05) is 0 Å². The molecule has 2 rings (SSSR count). The van der Waals surface area contributed by atoms with Crippen LogP contribution in [0.4, 0.5) is 9.18 Å². The second-order valence-corrected chi connectivity index (χ2v) is 8.53. The molecule has 1 atom stereocenters. The number of aromatic nitrogens is 1. The van der Waals surface area contributed by atoms with Crippen LogP contribution in [0.15, 0.2) is 36.4 Å². The van der Waals surface area contributed by atoms with Gasteiger partial charge in [0.15, 0.2) is 0 Å². The standard InChI is InChI=1S/C22H29FN2O4/c1-7-19(26)18-13-15(22(5,6)24-20(27)29-21(2,3)4)12-17(25(18)28)14-8-10-16(23)11-9-14/h8-13,19,26H,7H2,1-6H3,(H,24,27). The summed E-state index contributed by atoms with van der Waals surface area (Å²) in [5.41, 5.74) is -0.0312. The van der Waals surface area contributed by atoms with Crippen LogP contribution in [0, 0.1) is 11.0 Å². The number of halogens is 1. The molecule has 0 spiro atoms. The summed E-state index contributed by atoms with van der Waals surface area (Å²) >= 11 is 0. The van der Waals surface area contributed by atoms with Gasteiger partial charge < -0.3 is 20.4 Å². The zero-order chi connectivity index (χ0) is 22.0. The Balaban J connectivity index is 2.54. The van der Waals surface area contributed by atoms with Crippen LogP contribution in [0.2, 0.25) is 0 Å². The van der Waals surface area contributed by atoms with Gasteiger partial charge in [-0.15, -0.1) is 0 Å². The molecule has 29 heavy (non-hydrogen) atoms. The molecular weight excluding hydrogens is 375 g/mol. The molecule has 0 aliphatic carbocycles. The van der Waals surface area contributed by atoms with Crippen LogP contribution >= 0.6 is 0 Å². The average molecular weight is 404 g/mol. The van der Waals surface area contributed by atoms with Gasteiger partial charge in [0.25, 0.3) is 0 Å². The van der Waals surface area contributed by atoms with Crippen molar-refractivity contribution in [2.24, 2.45) is 0 Å². The quantitative estimate of drug-likeness (QED) is 0.574. The molecule has 0 aliphatic rings. The van der Waals surface area contributed by atoms with E-state index in [1.165, 1.54) is 24.3 Å². The number of benzene rings is 1. The van der Waals surface area contributed by atoms with Crippen LogP contribution in [0.1, 0.15) is 65.3 Å². The molecule has 0 aliphatic heterocycles. The maximum Gasteiger partial charge on any atom is 0.408 e. The molecule has 0 bridgehead atoms. The third-order valence-electron chi connectivity index (χ3n) is 4.45. The first-order valence-corrected chi connectivity index (χ1v) is 9.57. The average Bonchev–Trinajstić information content (AvgIpc) is 2.59. The van der Waals surface area contributed by atoms with Gasteiger partial charge in [0.1, 0.15) is 17.5 Å². The van der Waals surface area contributed by atoms with E-state index in [9.17, 15) is 19.5 Å². The van der Waals surface area contributed by atoms with Crippen molar-refractivity contribution < 1.29 is 23.8 Å². The Bertz CT molecular complexity index is 874. The number of hydrogen-bond donors (Lipinski definition) is 2. The van der Waals surface area contributed by atoms with Gasteiger partial charge >= 0.3 is 6.09 Å². The van der Waals surface area contributed by atoms with Crippen molar-refractivity contribution in [2.45, 2.75) is 65.2 Å².